The number of halogens is 1. The van der Waals surface area contributed by atoms with Crippen LogP contribution >= 0.6 is 0 Å². The molecule has 0 atom stereocenters. The quantitative estimate of drug-likeness (QED) is 0.686. The summed E-state index contributed by atoms with van der Waals surface area (Å²) in [4.78, 5) is 4.20. The number of rotatable bonds is 1. The molecule has 0 aliphatic carbocycles. The molecule has 0 spiro atoms. The largest absolute Gasteiger partial charge is 0.250 e. The van der Waals surface area contributed by atoms with E-state index in [9.17, 15) is 4.39 Å². The highest BCUT2D eigenvalue weighted by molar-refractivity contribution is 5.80. The van der Waals surface area contributed by atoms with Crippen molar-refractivity contribution in [3.8, 4) is 0 Å². The molecule has 0 aliphatic rings. The summed E-state index contributed by atoms with van der Waals surface area (Å²) in [5, 5.41) is 0.879. The number of fused-ring (bicyclic) bond motifs is 1. The summed E-state index contributed by atoms with van der Waals surface area (Å²) in [5.74, 6) is 0.116. The van der Waals surface area contributed by atoms with Crippen LogP contribution < -0.4 is 0 Å². The summed E-state index contributed by atoms with van der Waals surface area (Å²) in [7, 11) is 0. The van der Waals surface area contributed by atoms with E-state index in [0.29, 0.717) is 11.4 Å². The topological polar surface area (TPSA) is 12.9 Å². The van der Waals surface area contributed by atoms with Crippen molar-refractivity contribution >= 4 is 10.9 Å². The van der Waals surface area contributed by atoms with Gasteiger partial charge in [-0.1, -0.05) is 19.9 Å². The monoisotopic (exact) mass is 203 g/mol. The van der Waals surface area contributed by atoms with Crippen molar-refractivity contribution in [1.29, 1.82) is 0 Å². The number of aromatic nitrogens is 1. The van der Waals surface area contributed by atoms with E-state index < -0.39 is 0 Å². The lowest BCUT2D eigenvalue weighted by atomic mass is 10.0. The molecule has 2 heteroatoms. The smallest absolute Gasteiger partial charge is 0.149 e. The maximum absolute atomic E-state index is 13.7. The summed E-state index contributed by atoms with van der Waals surface area (Å²) in [6.07, 6.45) is 0. The SMILES string of the molecule is Cc1ccc2cc(C(C)C)cc(F)c2n1. The van der Waals surface area contributed by atoms with E-state index in [1.54, 1.807) is 6.07 Å². The zero-order valence-electron chi connectivity index (χ0n) is 9.21. The average Bonchev–Trinajstić information content (AvgIpc) is 2.18. The van der Waals surface area contributed by atoms with Crippen molar-refractivity contribution < 1.29 is 4.39 Å². The van der Waals surface area contributed by atoms with E-state index in [0.717, 1.165) is 16.6 Å². The summed E-state index contributed by atoms with van der Waals surface area (Å²) >= 11 is 0. The third-order valence-corrected chi connectivity index (χ3v) is 2.57. The average molecular weight is 203 g/mol. The van der Waals surface area contributed by atoms with Gasteiger partial charge in [0.15, 0.2) is 0 Å². The highest BCUT2D eigenvalue weighted by Crippen LogP contribution is 2.23. The summed E-state index contributed by atoms with van der Waals surface area (Å²) in [5.41, 5.74) is 2.34. The Morgan fingerprint density at radius 3 is 2.60 bits per heavy atom. The maximum atomic E-state index is 13.7. The van der Waals surface area contributed by atoms with Crippen LogP contribution in [0.3, 0.4) is 0 Å². The van der Waals surface area contributed by atoms with Crippen LogP contribution in [0.1, 0.15) is 31.0 Å². The van der Waals surface area contributed by atoms with Crippen LogP contribution in [0.5, 0.6) is 0 Å². The molecule has 15 heavy (non-hydrogen) atoms. The van der Waals surface area contributed by atoms with Gasteiger partial charge in [-0.2, -0.15) is 0 Å². The Morgan fingerprint density at radius 1 is 1.20 bits per heavy atom. The Kier molecular flexibility index (Phi) is 2.43. The highest BCUT2D eigenvalue weighted by atomic mass is 19.1. The molecule has 0 saturated carbocycles. The standard InChI is InChI=1S/C13H14FN/c1-8(2)11-6-10-5-4-9(3)15-13(10)12(14)7-11/h4-8H,1-3H3. The summed E-state index contributed by atoms with van der Waals surface area (Å²) in [6.45, 7) is 5.99. The Labute approximate surface area is 89.0 Å². The minimum absolute atomic E-state index is 0.222. The van der Waals surface area contributed by atoms with Crippen LogP contribution in [0, 0.1) is 12.7 Å². The minimum atomic E-state index is -0.222. The van der Waals surface area contributed by atoms with Crippen molar-refractivity contribution in [3.63, 3.8) is 0 Å². The van der Waals surface area contributed by atoms with Gasteiger partial charge in [-0.3, -0.25) is 4.98 Å². The zero-order valence-corrected chi connectivity index (χ0v) is 9.21. The molecule has 0 saturated heterocycles. The Balaban J connectivity index is 2.73. The molecular formula is C13H14FN. The molecule has 1 heterocycles. The van der Waals surface area contributed by atoms with Crippen molar-refractivity contribution in [3.05, 3.63) is 41.3 Å². The van der Waals surface area contributed by atoms with E-state index in [4.69, 9.17) is 0 Å². The highest BCUT2D eigenvalue weighted by Gasteiger charge is 2.07. The van der Waals surface area contributed by atoms with Crippen LogP contribution in [0.2, 0.25) is 0 Å². The molecule has 2 rings (SSSR count). The number of hydrogen-bond acceptors (Lipinski definition) is 1. The Bertz CT molecular complexity index is 503. The fraction of sp³-hybridized carbons (Fsp3) is 0.308. The first-order valence-electron chi connectivity index (χ1n) is 5.14. The number of nitrogens with zero attached hydrogens (tertiary/aromatic N) is 1. The molecular weight excluding hydrogens is 189 g/mol. The van der Waals surface area contributed by atoms with Crippen LogP contribution in [0.4, 0.5) is 4.39 Å². The first-order valence-corrected chi connectivity index (χ1v) is 5.14. The first-order chi connectivity index (χ1) is 7.08. The molecule has 0 N–H and O–H groups in total. The number of benzene rings is 1. The molecule has 78 valence electrons. The van der Waals surface area contributed by atoms with Gasteiger partial charge in [0.05, 0.1) is 0 Å². The van der Waals surface area contributed by atoms with Gasteiger partial charge in [0.1, 0.15) is 11.3 Å². The molecule has 0 unspecified atom stereocenters. The van der Waals surface area contributed by atoms with E-state index in [-0.39, 0.29) is 5.82 Å². The zero-order chi connectivity index (χ0) is 11.0. The summed E-state index contributed by atoms with van der Waals surface area (Å²) in [6, 6.07) is 7.42. The van der Waals surface area contributed by atoms with E-state index in [1.807, 2.05) is 25.1 Å². The second-order valence-corrected chi connectivity index (χ2v) is 4.18. The molecule has 1 nitrogen and oxygen atoms in total. The van der Waals surface area contributed by atoms with Gasteiger partial charge in [0.25, 0.3) is 0 Å². The normalized spacial score (nSPS) is 11.3. The van der Waals surface area contributed by atoms with Gasteiger partial charge in [0.2, 0.25) is 0 Å². The van der Waals surface area contributed by atoms with Gasteiger partial charge < -0.3 is 0 Å². The molecule has 0 bridgehead atoms. The molecule has 0 fully saturated rings. The molecule has 0 aliphatic heterocycles. The second kappa shape index (κ2) is 3.61. The van der Waals surface area contributed by atoms with Crippen LogP contribution in [0.15, 0.2) is 24.3 Å². The number of aryl methyl sites for hydroxylation is 1. The lowest BCUT2D eigenvalue weighted by Crippen LogP contribution is -1.93. The molecule has 1 aromatic heterocycles. The van der Waals surface area contributed by atoms with Gasteiger partial charge in [0, 0.05) is 11.1 Å². The predicted molar refractivity (Wildman–Crippen MR) is 60.5 cm³/mol. The van der Waals surface area contributed by atoms with Crippen LogP contribution in [-0.2, 0) is 0 Å². The molecule has 1 aromatic carbocycles. The predicted octanol–water partition coefficient (Wildman–Crippen LogP) is 3.81. The molecule has 0 amide bonds. The van der Waals surface area contributed by atoms with E-state index in [1.165, 1.54) is 0 Å². The fourth-order valence-electron chi connectivity index (χ4n) is 1.64. The van der Waals surface area contributed by atoms with Gasteiger partial charge in [-0.15, -0.1) is 0 Å². The maximum Gasteiger partial charge on any atom is 0.149 e. The lowest BCUT2D eigenvalue weighted by Gasteiger charge is -2.08. The van der Waals surface area contributed by atoms with Crippen molar-refractivity contribution in [2.24, 2.45) is 0 Å². The van der Waals surface area contributed by atoms with E-state index in [2.05, 4.69) is 18.8 Å². The number of pyridine rings is 1. The third-order valence-electron chi connectivity index (χ3n) is 2.57. The van der Waals surface area contributed by atoms with Crippen molar-refractivity contribution in [2.45, 2.75) is 26.7 Å². The van der Waals surface area contributed by atoms with Crippen molar-refractivity contribution in [1.82, 2.24) is 4.98 Å². The third kappa shape index (κ3) is 1.84. The minimum Gasteiger partial charge on any atom is -0.250 e. The van der Waals surface area contributed by atoms with Crippen LogP contribution in [-0.4, -0.2) is 4.98 Å². The Hall–Kier alpha value is -1.44. The lowest BCUT2D eigenvalue weighted by molar-refractivity contribution is 0.632. The molecule has 0 radical (unpaired) electrons. The van der Waals surface area contributed by atoms with Gasteiger partial charge in [-0.05, 0) is 36.6 Å². The van der Waals surface area contributed by atoms with Crippen molar-refractivity contribution in [2.75, 3.05) is 0 Å². The molecule has 2 aromatic rings. The fourth-order valence-corrected chi connectivity index (χ4v) is 1.64. The second-order valence-electron chi connectivity index (χ2n) is 4.18. The summed E-state index contributed by atoms with van der Waals surface area (Å²) < 4.78 is 13.7. The van der Waals surface area contributed by atoms with E-state index >= 15 is 0 Å². The van der Waals surface area contributed by atoms with Crippen LogP contribution in [0.25, 0.3) is 10.9 Å². The Morgan fingerprint density at radius 2 is 1.93 bits per heavy atom. The van der Waals surface area contributed by atoms with Gasteiger partial charge in [-0.25, -0.2) is 4.39 Å². The number of hydrogen-bond donors (Lipinski definition) is 0. The van der Waals surface area contributed by atoms with Gasteiger partial charge >= 0.3 is 0 Å². The first kappa shape index (κ1) is 10.1.